The first kappa shape index (κ1) is 18.7. The molecular formula is C16H17F3O4. The second-order valence-electron chi connectivity index (χ2n) is 4.90. The van der Waals surface area contributed by atoms with Crippen LogP contribution < -0.4 is 0 Å². The number of carbonyl (C=O) groups excluding carboxylic acids is 2. The van der Waals surface area contributed by atoms with Gasteiger partial charge in [0.25, 0.3) is 5.41 Å². The number of rotatable bonds is 5. The minimum Gasteiger partial charge on any atom is -0.468 e. The number of allylic oxidation sites excluding steroid dienone is 1. The summed E-state index contributed by atoms with van der Waals surface area (Å²) < 4.78 is 48.6. The van der Waals surface area contributed by atoms with Crippen molar-refractivity contribution in [3.8, 4) is 0 Å². The van der Waals surface area contributed by atoms with Crippen LogP contribution in [0.15, 0.2) is 30.3 Å². The third kappa shape index (κ3) is 3.91. The molecule has 0 saturated heterocycles. The Morgan fingerprint density at radius 1 is 1.04 bits per heavy atom. The van der Waals surface area contributed by atoms with Gasteiger partial charge in [0.05, 0.1) is 14.2 Å². The molecule has 0 aliphatic heterocycles. The predicted octanol–water partition coefficient (Wildman–Crippen LogP) is 3.29. The van der Waals surface area contributed by atoms with Crippen LogP contribution in [0.2, 0.25) is 0 Å². The third-order valence-corrected chi connectivity index (χ3v) is 3.36. The van der Waals surface area contributed by atoms with Crippen molar-refractivity contribution >= 4 is 18.0 Å². The van der Waals surface area contributed by atoms with Crippen molar-refractivity contribution in [3.63, 3.8) is 0 Å². The molecule has 0 heterocycles. The zero-order valence-corrected chi connectivity index (χ0v) is 12.9. The molecular weight excluding hydrogens is 313 g/mol. The lowest BCUT2D eigenvalue weighted by Gasteiger charge is -2.29. The molecule has 0 aliphatic carbocycles. The van der Waals surface area contributed by atoms with Crippen LogP contribution in [0.5, 0.6) is 0 Å². The van der Waals surface area contributed by atoms with Crippen LogP contribution in [0.25, 0.3) is 6.08 Å². The SMILES string of the molecule is COC(=O)C(C/C=C/c1ccc(C)cc1)(C(=O)OC)C(F)(F)F. The van der Waals surface area contributed by atoms with Gasteiger partial charge in [-0.25, -0.2) is 0 Å². The molecule has 0 unspecified atom stereocenters. The number of halogens is 3. The van der Waals surface area contributed by atoms with E-state index in [0.29, 0.717) is 5.56 Å². The highest BCUT2D eigenvalue weighted by Crippen LogP contribution is 2.44. The fraction of sp³-hybridized carbons (Fsp3) is 0.375. The Morgan fingerprint density at radius 3 is 1.91 bits per heavy atom. The average Bonchev–Trinajstić information content (AvgIpc) is 2.50. The highest BCUT2D eigenvalue weighted by atomic mass is 19.4. The maximum absolute atomic E-state index is 13.4. The van der Waals surface area contributed by atoms with E-state index >= 15 is 0 Å². The minimum absolute atomic E-state index is 0.640. The monoisotopic (exact) mass is 330 g/mol. The summed E-state index contributed by atoms with van der Waals surface area (Å²) in [6, 6.07) is 6.99. The highest BCUT2D eigenvalue weighted by Gasteiger charge is 2.67. The normalized spacial score (nSPS) is 12.3. The second-order valence-corrected chi connectivity index (χ2v) is 4.90. The van der Waals surface area contributed by atoms with Gasteiger partial charge < -0.3 is 9.47 Å². The Balaban J connectivity index is 3.17. The maximum Gasteiger partial charge on any atom is 0.415 e. The summed E-state index contributed by atoms with van der Waals surface area (Å²) in [5.74, 6) is -3.41. The van der Waals surface area contributed by atoms with Gasteiger partial charge in [-0.2, -0.15) is 13.2 Å². The van der Waals surface area contributed by atoms with Gasteiger partial charge in [-0.05, 0) is 12.5 Å². The number of benzene rings is 1. The van der Waals surface area contributed by atoms with E-state index in [4.69, 9.17) is 0 Å². The zero-order chi connectivity index (χ0) is 17.7. The molecule has 0 bridgehead atoms. The molecule has 4 nitrogen and oxygen atoms in total. The number of esters is 2. The van der Waals surface area contributed by atoms with Crippen molar-refractivity contribution in [2.24, 2.45) is 5.41 Å². The average molecular weight is 330 g/mol. The van der Waals surface area contributed by atoms with E-state index in [-0.39, 0.29) is 0 Å². The van der Waals surface area contributed by atoms with E-state index in [1.54, 1.807) is 24.3 Å². The molecule has 0 fully saturated rings. The quantitative estimate of drug-likeness (QED) is 0.614. The molecule has 1 aromatic rings. The standard InChI is InChI=1S/C16H17F3O4/c1-11-6-8-12(9-7-11)5-4-10-15(13(20)22-2,14(21)23-3)16(17,18)19/h4-9H,10H2,1-3H3/b5-4+. The summed E-state index contributed by atoms with van der Waals surface area (Å²) in [5.41, 5.74) is -1.74. The van der Waals surface area contributed by atoms with Crippen molar-refractivity contribution in [1.82, 2.24) is 0 Å². The molecule has 0 atom stereocenters. The van der Waals surface area contributed by atoms with E-state index in [1.807, 2.05) is 6.92 Å². The van der Waals surface area contributed by atoms with Crippen molar-refractivity contribution < 1.29 is 32.2 Å². The lowest BCUT2D eigenvalue weighted by molar-refractivity contribution is -0.237. The predicted molar refractivity (Wildman–Crippen MR) is 77.4 cm³/mol. The minimum atomic E-state index is -5.15. The topological polar surface area (TPSA) is 52.6 Å². The van der Waals surface area contributed by atoms with Gasteiger partial charge in [-0.15, -0.1) is 0 Å². The van der Waals surface area contributed by atoms with Gasteiger partial charge in [-0.3, -0.25) is 9.59 Å². The van der Waals surface area contributed by atoms with Crippen molar-refractivity contribution in [2.45, 2.75) is 19.5 Å². The Morgan fingerprint density at radius 2 is 1.52 bits per heavy atom. The van der Waals surface area contributed by atoms with E-state index in [2.05, 4.69) is 9.47 Å². The molecule has 0 amide bonds. The Kier molecular flexibility index (Phi) is 5.95. The molecule has 0 N–H and O–H groups in total. The van der Waals surface area contributed by atoms with Gasteiger partial charge >= 0.3 is 18.1 Å². The smallest absolute Gasteiger partial charge is 0.415 e. The Labute approximate surface area is 131 Å². The molecule has 0 spiro atoms. The van der Waals surface area contributed by atoms with Crippen molar-refractivity contribution in [1.29, 1.82) is 0 Å². The molecule has 0 radical (unpaired) electrons. The van der Waals surface area contributed by atoms with Crippen LogP contribution in [-0.4, -0.2) is 32.3 Å². The van der Waals surface area contributed by atoms with Crippen LogP contribution >= 0.6 is 0 Å². The number of aryl methyl sites for hydroxylation is 1. The van der Waals surface area contributed by atoms with Gasteiger partial charge in [0, 0.05) is 6.42 Å². The largest absolute Gasteiger partial charge is 0.468 e. The van der Waals surface area contributed by atoms with Crippen LogP contribution in [0.4, 0.5) is 13.2 Å². The number of ether oxygens (including phenoxy) is 2. The van der Waals surface area contributed by atoms with E-state index in [1.165, 1.54) is 6.08 Å². The molecule has 7 heteroatoms. The van der Waals surface area contributed by atoms with Crippen LogP contribution in [0.1, 0.15) is 17.5 Å². The lowest BCUT2D eigenvalue weighted by atomic mass is 9.83. The van der Waals surface area contributed by atoms with E-state index in [0.717, 1.165) is 25.9 Å². The number of methoxy groups -OCH3 is 2. The van der Waals surface area contributed by atoms with Crippen molar-refractivity contribution in [2.75, 3.05) is 14.2 Å². The Hall–Kier alpha value is -2.31. The molecule has 0 aliphatic rings. The molecule has 1 rings (SSSR count). The summed E-state index contributed by atoms with van der Waals surface area (Å²) >= 11 is 0. The number of hydrogen-bond donors (Lipinski definition) is 0. The number of carbonyl (C=O) groups is 2. The fourth-order valence-electron chi connectivity index (χ4n) is 1.99. The fourth-order valence-corrected chi connectivity index (χ4v) is 1.99. The van der Waals surface area contributed by atoms with Crippen molar-refractivity contribution in [3.05, 3.63) is 41.5 Å². The number of hydrogen-bond acceptors (Lipinski definition) is 4. The first-order valence-electron chi connectivity index (χ1n) is 6.66. The first-order valence-corrected chi connectivity index (χ1v) is 6.66. The zero-order valence-electron chi connectivity index (χ0n) is 12.9. The van der Waals surface area contributed by atoms with Gasteiger partial charge in [-0.1, -0.05) is 42.0 Å². The van der Waals surface area contributed by atoms with Crippen LogP contribution in [0, 0.1) is 12.3 Å². The van der Waals surface area contributed by atoms with E-state index in [9.17, 15) is 22.8 Å². The summed E-state index contributed by atoms with van der Waals surface area (Å²) in [5, 5.41) is 0. The Bertz CT molecular complexity index is 572. The lowest BCUT2D eigenvalue weighted by Crippen LogP contribution is -2.52. The van der Waals surface area contributed by atoms with Crippen LogP contribution in [-0.2, 0) is 19.1 Å². The molecule has 0 saturated carbocycles. The van der Waals surface area contributed by atoms with Gasteiger partial charge in [0.15, 0.2) is 0 Å². The third-order valence-electron chi connectivity index (χ3n) is 3.36. The summed E-state index contributed by atoms with van der Waals surface area (Å²) in [6.07, 6.45) is -3.56. The highest BCUT2D eigenvalue weighted by molar-refractivity contribution is 6.01. The summed E-state index contributed by atoms with van der Waals surface area (Å²) in [7, 11) is 1.57. The number of alkyl halides is 3. The van der Waals surface area contributed by atoms with E-state index < -0.39 is 30.0 Å². The first-order chi connectivity index (χ1) is 10.7. The van der Waals surface area contributed by atoms with Crippen LogP contribution in [0.3, 0.4) is 0 Å². The molecule has 23 heavy (non-hydrogen) atoms. The molecule has 1 aromatic carbocycles. The maximum atomic E-state index is 13.4. The van der Waals surface area contributed by atoms with Gasteiger partial charge in [0.2, 0.25) is 0 Å². The summed E-state index contributed by atoms with van der Waals surface area (Å²) in [6.45, 7) is 1.87. The molecule has 126 valence electrons. The second kappa shape index (κ2) is 7.30. The summed E-state index contributed by atoms with van der Waals surface area (Å²) in [4.78, 5) is 23.4. The molecule has 0 aromatic heterocycles. The van der Waals surface area contributed by atoms with Gasteiger partial charge in [0.1, 0.15) is 0 Å².